The first-order valence-corrected chi connectivity index (χ1v) is 7.18. The van der Waals surface area contributed by atoms with Crippen molar-refractivity contribution in [1.82, 2.24) is 10.3 Å². The summed E-state index contributed by atoms with van der Waals surface area (Å²) >= 11 is 0. The third-order valence-electron chi connectivity index (χ3n) is 4.48. The molecule has 1 aromatic rings. The fourth-order valence-electron chi connectivity index (χ4n) is 3.46. The average Bonchev–Trinajstić information content (AvgIpc) is 3.02. The van der Waals surface area contributed by atoms with E-state index >= 15 is 0 Å². The topological polar surface area (TPSA) is 24.9 Å². The van der Waals surface area contributed by atoms with Crippen LogP contribution in [0.15, 0.2) is 30.5 Å². The molecule has 0 aromatic carbocycles. The van der Waals surface area contributed by atoms with Crippen LogP contribution in [0.3, 0.4) is 0 Å². The van der Waals surface area contributed by atoms with E-state index in [0.717, 1.165) is 37.3 Å². The second-order valence-corrected chi connectivity index (χ2v) is 5.63. The Hall–Kier alpha value is -1.15. The predicted octanol–water partition coefficient (Wildman–Crippen LogP) is 2.95. The fraction of sp³-hybridized carbons (Fsp3) is 0.562. The molecule has 3 rings (SSSR count). The molecule has 2 aliphatic carbocycles. The number of hydrogen-bond donors (Lipinski definition) is 1. The second kappa shape index (κ2) is 5.23. The molecule has 0 radical (unpaired) electrons. The highest BCUT2D eigenvalue weighted by molar-refractivity contribution is 5.19. The van der Waals surface area contributed by atoms with Crippen molar-refractivity contribution in [2.75, 3.05) is 6.54 Å². The largest absolute Gasteiger partial charge is 0.311 e. The minimum atomic E-state index is 0.844. The van der Waals surface area contributed by atoms with Crippen LogP contribution >= 0.6 is 0 Å². The molecule has 2 bridgehead atoms. The lowest BCUT2D eigenvalue weighted by Crippen LogP contribution is -2.25. The molecule has 2 aliphatic rings. The van der Waals surface area contributed by atoms with Gasteiger partial charge in [0.1, 0.15) is 0 Å². The standard InChI is InChI=1S/C16H22N2/c1-2-13-4-3-7-18-16(13)11-17-10-15-9-12-5-6-14(15)8-12/h3-7,12,14-15,17H,2,8-11H2,1H3. The Balaban J connectivity index is 1.51. The van der Waals surface area contributed by atoms with Crippen molar-refractivity contribution < 1.29 is 0 Å². The van der Waals surface area contributed by atoms with Crippen molar-refractivity contribution in [2.24, 2.45) is 17.8 Å². The lowest BCUT2D eigenvalue weighted by molar-refractivity contribution is 0.412. The zero-order chi connectivity index (χ0) is 12.4. The average molecular weight is 242 g/mol. The number of nitrogens with zero attached hydrogens (tertiary/aromatic N) is 1. The van der Waals surface area contributed by atoms with E-state index in [-0.39, 0.29) is 0 Å². The minimum absolute atomic E-state index is 0.844. The minimum Gasteiger partial charge on any atom is -0.311 e. The molecule has 18 heavy (non-hydrogen) atoms. The maximum Gasteiger partial charge on any atom is 0.0573 e. The van der Waals surface area contributed by atoms with Gasteiger partial charge in [0.25, 0.3) is 0 Å². The monoisotopic (exact) mass is 242 g/mol. The summed E-state index contributed by atoms with van der Waals surface area (Å²) in [5.74, 6) is 2.58. The van der Waals surface area contributed by atoms with Crippen molar-refractivity contribution in [3.8, 4) is 0 Å². The first kappa shape index (κ1) is 11.9. The number of allylic oxidation sites excluding steroid dienone is 2. The zero-order valence-corrected chi connectivity index (χ0v) is 11.1. The summed E-state index contributed by atoms with van der Waals surface area (Å²) in [7, 11) is 0. The lowest BCUT2D eigenvalue weighted by atomic mass is 9.93. The highest BCUT2D eigenvalue weighted by Crippen LogP contribution is 2.42. The third-order valence-corrected chi connectivity index (χ3v) is 4.48. The Morgan fingerprint density at radius 3 is 3.00 bits per heavy atom. The fourth-order valence-corrected chi connectivity index (χ4v) is 3.46. The van der Waals surface area contributed by atoms with Crippen LogP contribution in [0.2, 0.25) is 0 Å². The summed E-state index contributed by atoms with van der Waals surface area (Å²) in [6.45, 7) is 4.26. The summed E-state index contributed by atoms with van der Waals surface area (Å²) in [5, 5.41) is 3.61. The molecule has 0 spiro atoms. The van der Waals surface area contributed by atoms with Crippen molar-refractivity contribution in [3.05, 3.63) is 41.7 Å². The quantitative estimate of drug-likeness (QED) is 0.803. The van der Waals surface area contributed by atoms with E-state index in [1.807, 2.05) is 12.3 Å². The van der Waals surface area contributed by atoms with E-state index in [2.05, 4.69) is 35.4 Å². The van der Waals surface area contributed by atoms with E-state index in [1.54, 1.807) is 0 Å². The van der Waals surface area contributed by atoms with Crippen LogP contribution in [0.4, 0.5) is 0 Å². The van der Waals surface area contributed by atoms with Gasteiger partial charge < -0.3 is 5.32 Å². The van der Waals surface area contributed by atoms with Gasteiger partial charge in [-0.25, -0.2) is 0 Å². The van der Waals surface area contributed by atoms with Gasteiger partial charge in [-0.3, -0.25) is 4.98 Å². The molecule has 1 heterocycles. The maximum atomic E-state index is 4.49. The Morgan fingerprint density at radius 2 is 2.28 bits per heavy atom. The molecule has 0 amide bonds. The highest BCUT2D eigenvalue weighted by Gasteiger charge is 2.34. The number of fused-ring (bicyclic) bond motifs is 2. The van der Waals surface area contributed by atoms with E-state index in [4.69, 9.17) is 0 Å². The third kappa shape index (κ3) is 2.35. The van der Waals surface area contributed by atoms with Crippen molar-refractivity contribution in [3.63, 3.8) is 0 Å². The molecule has 1 aromatic heterocycles. The molecule has 3 unspecified atom stereocenters. The van der Waals surface area contributed by atoms with Gasteiger partial charge in [0.15, 0.2) is 0 Å². The Bertz CT molecular complexity index is 438. The van der Waals surface area contributed by atoms with Gasteiger partial charge >= 0.3 is 0 Å². The van der Waals surface area contributed by atoms with Crippen LogP contribution in [0, 0.1) is 17.8 Å². The summed E-state index contributed by atoms with van der Waals surface area (Å²) in [6.07, 6.45) is 10.6. The molecule has 1 N–H and O–H groups in total. The van der Waals surface area contributed by atoms with E-state index < -0.39 is 0 Å². The van der Waals surface area contributed by atoms with Gasteiger partial charge in [-0.1, -0.05) is 25.1 Å². The zero-order valence-electron chi connectivity index (χ0n) is 11.1. The van der Waals surface area contributed by atoms with Crippen molar-refractivity contribution in [1.29, 1.82) is 0 Å². The van der Waals surface area contributed by atoms with Crippen LogP contribution in [-0.2, 0) is 13.0 Å². The van der Waals surface area contributed by atoms with Crippen molar-refractivity contribution >= 4 is 0 Å². The Labute approximate surface area is 110 Å². The number of pyridine rings is 1. The molecule has 3 atom stereocenters. The van der Waals surface area contributed by atoms with E-state index in [1.165, 1.54) is 24.1 Å². The SMILES string of the molecule is CCc1cccnc1CNCC1CC2C=CC1C2. The number of rotatable bonds is 5. The normalized spacial score (nSPS) is 29.1. The van der Waals surface area contributed by atoms with Crippen LogP contribution in [-0.4, -0.2) is 11.5 Å². The smallest absolute Gasteiger partial charge is 0.0573 e. The van der Waals surface area contributed by atoms with Gasteiger partial charge in [-0.05, 0) is 55.2 Å². The van der Waals surface area contributed by atoms with Gasteiger partial charge in [-0.15, -0.1) is 0 Å². The Morgan fingerprint density at radius 1 is 1.33 bits per heavy atom. The first-order valence-electron chi connectivity index (χ1n) is 7.18. The van der Waals surface area contributed by atoms with Gasteiger partial charge in [0.2, 0.25) is 0 Å². The lowest BCUT2D eigenvalue weighted by Gasteiger charge is -2.18. The first-order chi connectivity index (χ1) is 8.86. The number of aromatic nitrogens is 1. The second-order valence-electron chi connectivity index (χ2n) is 5.63. The molecule has 0 aliphatic heterocycles. The van der Waals surface area contributed by atoms with Crippen LogP contribution < -0.4 is 5.32 Å². The maximum absolute atomic E-state index is 4.49. The number of hydrogen-bond acceptors (Lipinski definition) is 2. The molecule has 1 fully saturated rings. The van der Waals surface area contributed by atoms with Gasteiger partial charge in [0, 0.05) is 12.7 Å². The molecular formula is C16H22N2. The predicted molar refractivity (Wildman–Crippen MR) is 74.2 cm³/mol. The van der Waals surface area contributed by atoms with Crippen LogP contribution in [0.25, 0.3) is 0 Å². The summed E-state index contributed by atoms with van der Waals surface area (Å²) in [6, 6.07) is 4.22. The summed E-state index contributed by atoms with van der Waals surface area (Å²) < 4.78 is 0. The van der Waals surface area contributed by atoms with Crippen molar-refractivity contribution in [2.45, 2.75) is 32.7 Å². The molecule has 2 nitrogen and oxygen atoms in total. The van der Waals surface area contributed by atoms with Crippen LogP contribution in [0.5, 0.6) is 0 Å². The summed E-state index contributed by atoms with van der Waals surface area (Å²) in [4.78, 5) is 4.49. The van der Waals surface area contributed by atoms with E-state index in [0.29, 0.717) is 0 Å². The van der Waals surface area contributed by atoms with Gasteiger partial charge in [0.05, 0.1) is 5.69 Å². The van der Waals surface area contributed by atoms with Gasteiger partial charge in [-0.2, -0.15) is 0 Å². The molecular weight excluding hydrogens is 220 g/mol. The number of nitrogens with one attached hydrogen (secondary N) is 1. The summed E-state index contributed by atoms with van der Waals surface area (Å²) in [5.41, 5.74) is 2.59. The number of aryl methyl sites for hydroxylation is 1. The Kier molecular flexibility index (Phi) is 3.46. The van der Waals surface area contributed by atoms with E-state index in [9.17, 15) is 0 Å². The van der Waals surface area contributed by atoms with Crippen LogP contribution in [0.1, 0.15) is 31.0 Å². The highest BCUT2D eigenvalue weighted by atomic mass is 14.9. The molecule has 1 saturated carbocycles. The molecule has 96 valence electrons. The molecule has 2 heteroatoms. The molecule has 0 saturated heterocycles.